The number of thiocarbonyl (C=S) groups is 1. The summed E-state index contributed by atoms with van der Waals surface area (Å²) in [4.78, 5) is 2.46. The van der Waals surface area contributed by atoms with Crippen LogP contribution in [0.2, 0.25) is 0 Å². The van der Waals surface area contributed by atoms with Gasteiger partial charge in [0.1, 0.15) is 0 Å². The van der Waals surface area contributed by atoms with Crippen molar-refractivity contribution in [3.05, 3.63) is 54.1 Å². The van der Waals surface area contributed by atoms with E-state index in [0.717, 1.165) is 11.4 Å². The average Bonchev–Trinajstić information content (AvgIpc) is 2.63. The summed E-state index contributed by atoms with van der Waals surface area (Å²) in [6.07, 6.45) is 3.95. The first-order valence-corrected chi connectivity index (χ1v) is 9.55. The molecule has 1 fully saturated rings. The Hall–Kier alpha value is -2.07. The standard InChI is InChI=1S/C21H27N3S/c1-16(2)17-6-8-18(9-7-17)22-21(25)23-19-10-12-20(13-11-19)24-14-4-3-5-15-24/h6-13,16H,3-5,14-15H2,1-2H3,(H2,22,23,25). The van der Waals surface area contributed by atoms with Gasteiger partial charge >= 0.3 is 0 Å². The third-order valence-electron chi connectivity index (χ3n) is 4.68. The van der Waals surface area contributed by atoms with E-state index in [1.165, 1.54) is 43.6 Å². The van der Waals surface area contributed by atoms with E-state index >= 15 is 0 Å². The fourth-order valence-electron chi connectivity index (χ4n) is 3.15. The smallest absolute Gasteiger partial charge is 0.175 e. The molecule has 3 nitrogen and oxygen atoms in total. The Morgan fingerprint density at radius 1 is 0.840 bits per heavy atom. The lowest BCUT2D eigenvalue weighted by atomic mass is 10.0. The normalized spacial score (nSPS) is 14.4. The van der Waals surface area contributed by atoms with Crippen molar-refractivity contribution in [2.45, 2.75) is 39.0 Å². The summed E-state index contributed by atoms with van der Waals surface area (Å²) in [6, 6.07) is 17.0. The zero-order chi connectivity index (χ0) is 17.6. The number of benzene rings is 2. The molecule has 4 heteroatoms. The molecule has 2 aromatic rings. The molecule has 1 heterocycles. The Bertz CT molecular complexity index is 686. The zero-order valence-corrected chi connectivity index (χ0v) is 15.9. The number of nitrogens with zero attached hydrogens (tertiary/aromatic N) is 1. The van der Waals surface area contributed by atoms with Crippen LogP contribution in [0.1, 0.15) is 44.6 Å². The van der Waals surface area contributed by atoms with E-state index < -0.39 is 0 Å². The van der Waals surface area contributed by atoms with Crippen molar-refractivity contribution in [1.82, 2.24) is 0 Å². The van der Waals surface area contributed by atoms with Gasteiger partial charge in [0, 0.05) is 30.2 Å². The van der Waals surface area contributed by atoms with Crippen LogP contribution in [-0.4, -0.2) is 18.2 Å². The van der Waals surface area contributed by atoms with Gasteiger partial charge in [-0.2, -0.15) is 0 Å². The van der Waals surface area contributed by atoms with Crippen LogP contribution < -0.4 is 15.5 Å². The number of nitrogens with one attached hydrogen (secondary N) is 2. The molecular formula is C21H27N3S. The Labute approximate surface area is 156 Å². The van der Waals surface area contributed by atoms with Crippen LogP contribution in [0.15, 0.2) is 48.5 Å². The molecule has 0 spiro atoms. The molecule has 1 aliphatic rings. The minimum absolute atomic E-state index is 0.539. The average molecular weight is 354 g/mol. The van der Waals surface area contributed by atoms with Crippen LogP contribution in [0.3, 0.4) is 0 Å². The molecular weight excluding hydrogens is 326 g/mol. The molecule has 1 saturated heterocycles. The minimum Gasteiger partial charge on any atom is -0.372 e. The van der Waals surface area contributed by atoms with Crippen molar-refractivity contribution >= 4 is 34.4 Å². The summed E-state index contributed by atoms with van der Waals surface area (Å²) < 4.78 is 0. The highest BCUT2D eigenvalue weighted by atomic mass is 32.1. The summed E-state index contributed by atoms with van der Waals surface area (Å²) >= 11 is 5.43. The summed E-state index contributed by atoms with van der Waals surface area (Å²) in [5, 5.41) is 7.12. The molecule has 2 aromatic carbocycles. The molecule has 0 bridgehead atoms. The Morgan fingerprint density at radius 2 is 1.36 bits per heavy atom. The lowest BCUT2D eigenvalue weighted by molar-refractivity contribution is 0.578. The van der Waals surface area contributed by atoms with E-state index in [2.05, 4.69) is 77.9 Å². The maximum absolute atomic E-state index is 5.43. The fraction of sp³-hybridized carbons (Fsp3) is 0.381. The van der Waals surface area contributed by atoms with E-state index in [-0.39, 0.29) is 0 Å². The van der Waals surface area contributed by atoms with Gasteiger partial charge in [-0.1, -0.05) is 26.0 Å². The van der Waals surface area contributed by atoms with Gasteiger partial charge in [-0.05, 0) is 79.4 Å². The van der Waals surface area contributed by atoms with Gasteiger partial charge in [-0.3, -0.25) is 0 Å². The predicted molar refractivity (Wildman–Crippen MR) is 113 cm³/mol. The monoisotopic (exact) mass is 353 g/mol. The molecule has 0 radical (unpaired) electrons. The first-order valence-electron chi connectivity index (χ1n) is 9.15. The SMILES string of the molecule is CC(C)c1ccc(NC(=S)Nc2ccc(N3CCCCC3)cc2)cc1. The Morgan fingerprint density at radius 3 is 1.88 bits per heavy atom. The molecule has 2 N–H and O–H groups in total. The summed E-state index contributed by atoms with van der Waals surface area (Å²) in [6.45, 7) is 6.72. The first-order chi connectivity index (χ1) is 12.1. The van der Waals surface area contributed by atoms with Crippen LogP contribution in [0.5, 0.6) is 0 Å². The molecule has 0 amide bonds. The van der Waals surface area contributed by atoms with Crippen molar-refractivity contribution in [2.75, 3.05) is 28.6 Å². The first kappa shape index (κ1) is 17.7. The number of piperidine rings is 1. The van der Waals surface area contributed by atoms with Crippen LogP contribution >= 0.6 is 12.2 Å². The quantitative estimate of drug-likeness (QED) is 0.699. The van der Waals surface area contributed by atoms with Crippen LogP contribution in [0.25, 0.3) is 0 Å². The van der Waals surface area contributed by atoms with Crippen LogP contribution in [0.4, 0.5) is 17.1 Å². The van der Waals surface area contributed by atoms with Crippen LogP contribution in [-0.2, 0) is 0 Å². The lowest BCUT2D eigenvalue weighted by Crippen LogP contribution is -2.29. The van der Waals surface area contributed by atoms with E-state index in [4.69, 9.17) is 12.2 Å². The highest BCUT2D eigenvalue weighted by molar-refractivity contribution is 7.80. The van der Waals surface area contributed by atoms with Crippen molar-refractivity contribution < 1.29 is 0 Å². The Balaban J connectivity index is 1.55. The van der Waals surface area contributed by atoms with Gasteiger partial charge in [0.15, 0.2) is 5.11 Å². The predicted octanol–water partition coefficient (Wildman–Crippen LogP) is 5.61. The van der Waals surface area contributed by atoms with Gasteiger partial charge in [-0.15, -0.1) is 0 Å². The molecule has 132 valence electrons. The lowest BCUT2D eigenvalue weighted by Gasteiger charge is -2.28. The van der Waals surface area contributed by atoms with E-state index in [0.29, 0.717) is 11.0 Å². The fourth-order valence-corrected chi connectivity index (χ4v) is 3.39. The second-order valence-corrected chi connectivity index (χ2v) is 7.36. The van der Waals surface area contributed by atoms with Crippen molar-refractivity contribution in [3.8, 4) is 0 Å². The van der Waals surface area contributed by atoms with E-state index in [1.807, 2.05) is 0 Å². The molecule has 0 atom stereocenters. The number of anilines is 3. The van der Waals surface area contributed by atoms with Crippen LogP contribution in [0, 0.1) is 0 Å². The molecule has 0 unspecified atom stereocenters. The van der Waals surface area contributed by atoms with Gasteiger partial charge in [0.2, 0.25) is 0 Å². The van der Waals surface area contributed by atoms with Crippen molar-refractivity contribution in [3.63, 3.8) is 0 Å². The number of hydrogen-bond acceptors (Lipinski definition) is 2. The second kappa shape index (κ2) is 8.34. The molecule has 0 aromatic heterocycles. The number of hydrogen-bond donors (Lipinski definition) is 2. The van der Waals surface area contributed by atoms with E-state index in [1.54, 1.807) is 0 Å². The topological polar surface area (TPSA) is 27.3 Å². The molecule has 1 aliphatic heterocycles. The Kier molecular flexibility index (Phi) is 5.92. The van der Waals surface area contributed by atoms with Crippen molar-refractivity contribution in [2.24, 2.45) is 0 Å². The number of rotatable bonds is 4. The minimum atomic E-state index is 0.539. The summed E-state index contributed by atoms with van der Waals surface area (Å²) in [5.74, 6) is 0.539. The largest absolute Gasteiger partial charge is 0.372 e. The highest BCUT2D eigenvalue weighted by Gasteiger charge is 2.10. The third kappa shape index (κ3) is 4.95. The molecule has 25 heavy (non-hydrogen) atoms. The second-order valence-electron chi connectivity index (χ2n) is 6.95. The van der Waals surface area contributed by atoms with Gasteiger partial charge in [0.05, 0.1) is 0 Å². The van der Waals surface area contributed by atoms with Gasteiger partial charge in [-0.25, -0.2) is 0 Å². The maximum Gasteiger partial charge on any atom is 0.175 e. The third-order valence-corrected chi connectivity index (χ3v) is 4.89. The summed E-state index contributed by atoms with van der Waals surface area (Å²) in [7, 11) is 0. The molecule has 3 rings (SSSR count). The molecule has 0 aliphatic carbocycles. The molecule has 0 saturated carbocycles. The maximum atomic E-state index is 5.43. The van der Waals surface area contributed by atoms with Gasteiger partial charge < -0.3 is 15.5 Å². The van der Waals surface area contributed by atoms with E-state index in [9.17, 15) is 0 Å². The van der Waals surface area contributed by atoms with Crippen molar-refractivity contribution in [1.29, 1.82) is 0 Å². The summed E-state index contributed by atoms with van der Waals surface area (Å²) in [5.41, 5.74) is 4.65. The highest BCUT2D eigenvalue weighted by Crippen LogP contribution is 2.22. The zero-order valence-electron chi connectivity index (χ0n) is 15.1. The van der Waals surface area contributed by atoms with Gasteiger partial charge in [0.25, 0.3) is 0 Å².